The van der Waals surface area contributed by atoms with Crippen LogP contribution in [-0.4, -0.2) is 37.2 Å². The molecule has 1 aromatic rings. The number of likely N-dealkylation sites (tertiary alicyclic amines) is 1. The molecule has 1 aliphatic rings. The second kappa shape index (κ2) is 4.61. The van der Waals surface area contributed by atoms with Crippen molar-refractivity contribution in [1.82, 2.24) is 4.90 Å². The second-order valence-corrected chi connectivity index (χ2v) is 4.09. The SMILES string of the molecule is COc1cc(C(=O)N2CC[C@@H](F)C2)ccc1N. The van der Waals surface area contributed by atoms with Gasteiger partial charge in [-0.3, -0.25) is 4.79 Å². The summed E-state index contributed by atoms with van der Waals surface area (Å²) in [5.41, 5.74) is 6.62. The van der Waals surface area contributed by atoms with Crippen molar-refractivity contribution in [2.75, 3.05) is 25.9 Å². The number of amides is 1. The van der Waals surface area contributed by atoms with Crippen LogP contribution < -0.4 is 10.5 Å². The molecule has 2 rings (SSSR count). The van der Waals surface area contributed by atoms with Crippen LogP contribution in [0, 0.1) is 0 Å². The van der Waals surface area contributed by atoms with Gasteiger partial charge in [0.15, 0.2) is 0 Å². The molecule has 4 nitrogen and oxygen atoms in total. The van der Waals surface area contributed by atoms with Gasteiger partial charge in [0, 0.05) is 12.1 Å². The van der Waals surface area contributed by atoms with E-state index < -0.39 is 6.17 Å². The van der Waals surface area contributed by atoms with Crippen LogP contribution in [0.25, 0.3) is 0 Å². The average molecular weight is 238 g/mol. The lowest BCUT2D eigenvalue weighted by Gasteiger charge is -2.16. The smallest absolute Gasteiger partial charge is 0.254 e. The van der Waals surface area contributed by atoms with Crippen LogP contribution in [0.1, 0.15) is 16.8 Å². The summed E-state index contributed by atoms with van der Waals surface area (Å²) >= 11 is 0. The van der Waals surface area contributed by atoms with Gasteiger partial charge < -0.3 is 15.4 Å². The third-order valence-corrected chi connectivity index (χ3v) is 2.90. The molecule has 17 heavy (non-hydrogen) atoms. The average Bonchev–Trinajstić information content (AvgIpc) is 2.75. The molecule has 0 saturated carbocycles. The van der Waals surface area contributed by atoms with E-state index in [0.717, 1.165) is 0 Å². The fourth-order valence-corrected chi connectivity index (χ4v) is 1.93. The van der Waals surface area contributed by atoms with E-state index in [0.29, 0.717) is 30.0 Å². The number of alkyl halides is 1. The highest BCUT2D eigenvalue weighted by Gasteiger charge is 2.26. The van der Waals surface area contributed by atoms with E-state index in [1.54, 1.807) is 18.2 Å². The molecule has 1 aliphatic heterocycles. The van der Waals surface area contributed by atoms with Gasteiger partial charge in [-0.2, -0.15) is 0 Å². The zero-order chi connectivity index (χ0) is 12.4. The molecule has 1 amide bonds. The predicted molar refractivity (Wildman–Crippen MR) is 62.8 cm³/mol. The molecule has 0 aliphatic carbocycles. The van der Waals surface area contributed by atoms with Gasteiger partial charge in [0.2, 0.25) is 0 Å². The Morgan fingerprint density at radius 2 is 2.35 bits per heavy atom. The highest BCUT2D eigenvalue weighted by molar-refractivity contribution is 5.95. The van der Waals surface area contributed by atoms with Crippen molar-refractivity contribution in [3.63, 3.8) is 0 Å². The van der Waals surface area contributed by atoms with E-state index in [1.807, 2.05) is 0 Å². The highest BCUT2D eigenvalue weighted by Crippen LogP contribution is 2.24. The number of carbonyl (C=O) groups excluding carboxylic acids is 1. The Morgan fingerprint density at radius 1 is 1.59 bits per heavy atom. The number of nitrogens with zero attached hydrogens (tertiary/aromatic N) is 1. The minimum Gasteiger partial charge on any atom is -0.495 e. The topological polar surface area (TPSA) is 55.6 Å². The van der Waals surface area contributed by atoms with Crippen LogP contribution in [0.4, 0.5) is 10.1 Å². The molecule has 1 saturated heterocycles. The number of hydrogen-bond donors (Lipinski definition) is 1. The number of hydrogen-bond acceptors (Lipinski definition) is 3. The molecule has 92 valence electrons. The number of ether oxygens (including phenoxy) is 1. The predicted octanol–water partition coefficient (Wildman–Crippen LogP) is 1.46. The summed E-state index contributed by atoms with van der Waals surface area (Å²) < 4.78 is 18.1. The normalized spacial score (nSPS) is 19.4. The summed E-state index contributed by atoms with van der Waals surface area (Å²) in [4.78, 5) is 13.5. The monoisotopic (exact) mass is 238 g/mol. The first-order valence-corrected chi connectivity index (χ1v) is 5.48. The lowest BCUT2D eigenvalue weighted by Crippen LogP contribution is -2.28. The quantitative estimate of drug-likeness (QED) is 0.794. The molecule has 5 heteroatoms. The van der Waals surface area contributed by atoms with Crippen LogP contribution >= 0.6 is 0 Å². The zero-order valence-corrected chi connectivity index (χ0v) is 9.65. The van der Waals surface area contributed by atoms with Gasteiger partial charge >= 0.3 is 0 Å². The fourth-order valence-electron chi connectivity index (χ4n) is 1.93. The van der Waals surface area contributed by atoms with E-state index in [2.05, 4.69) is 0 Å². The number of nitrogens with two attached hydrogens (primary N) is 1. The molecular weight excluding hydrogens is 223 g/mol. The lowest BCUT2D eigenvalue weighted by atomic mass is 10.1. The van der Waals surface area contributed by atoms with Crippen molar-refractivity contribution >= 4 is 11.6 Å². The van der Waals surface area contributed by atoms with Gasteiger partial charge in [0.05, 0.1) is 19.3 Å². The maximum Gasteiger partial charge on any atom is 0.254 e. The molecule has 0 spiro atoms. The van der Waals surface area contributed by atoms with Gasteiger partial charge in [-0.1, -0.05) is 0 Å². The maximum absolute atomic E-state index is 13.0. The number of halogens is 1. The summed E-state index contributed by atoms with van der Waals surface area (Å²) in [6.07, 6.45) is -0.493. The number of nitrogen functional groups attached to an aromatic ring is 1. The molecule has 1 aromatic carbocycles. The minimum absolute atomic E-state index is 0.172. The summed E-state index contributed by atoms with van der Waals surface area (Å²) in [7, 11) is 1.49. The molecule has 0 aromatic heterocycles. The van der Waals surface area contributed by atoms with Gasteiger partial charge in [-0.05, 0) is 24.6 Å². The fraction of sp³-hybridized carbons (Fsp3) is 0.417. The van der Waals surface area contributed by atoms with Crippen molar-refractivity contribution in [1.29, 1.82) is 0 Å². The Kier molecular flexibility index (Phi) is 3.17. The Balaban J connectivity index is 2.19. The van der Waals surface area contributed by atoms with Gasteiger partial charge in [-0.15, -0.1) is 0 Å². The Morgan fingerprint density at radius 3 is 2.94 bits per heavy atom. The van der Waals surface area contributed by atoms with Crippen molar-refractivity contribution in [3.05, 3.63) is 23.8 Å². The summed E-state index contributed by atoms with van der Waals surface area (Å²) in [5, 5.41) is 0. The van der Waals surface area contributed by atoms with E-state index in [9.17, 15) is 9.18 Å². The first kappa shape index (κ1) is 11.7. The van der Waals surface area contributed by atoms with E-state index in [1.165, 1.54) is 12.0 Å². The highest BCUT2D eigenvalue weighted by atomic mass is 19.1. The number of carbonyl (C=O) groups is 1. The minimum atomic E-state index is -0.908. The molecule has 0 unspecified atom stereocenters. The van der Waals surface area contributed by atoms with Crippen LogP contribution in [0.15, 0.2) is 18.2 Å². The third kappa shape index (κ3) is 2.33. The summed E-state index contributed by atoms with van der Waals surface area (Å²) in [6.45, 7) is 0.637. The summed E-state index contributed by atoms with van der Waals surface area (Å²) in [6, 6.07) is 4.84. The molecule has 1 heterocycles. The number of rotatable bonds is 2. The number of benzene rings is 1. The maximum atomic E-state index is 13.0. The first-order chi connectivity index (χ1) is 8.11. The Bertz CT molecular complexity index is 437. The van der Waals surface area contributed by atoms with Crippen molar-refractivity contribution in [3.8, 4) is 5.75 Å². The van der Waals surface area contributed by atoms with Crippen LogP contribution in [0.5, 0.6) is 5.75 Å². The second-order valence-electron chi connectivity index (χ2n) is 4.09. The van der Waals surface area contributed by atoms with Crippen LogP contribution in [0.3, 0.4) is 0 Å². The Labute approximate surface area is 99.2 Å². The largest absolute Gasteiger partial charge is 0.495 e. The van der Waals surface area contributed by atoms with Gasteiger partial charge in [-0.25, -0.2) is 4.39 Å². The molecule has 1 fully saturated rings. The molecule has 0 bridgehead atoms. The first-order valence-electron chi connectivity index (χ1n) is 5.48. The van der Waals surface area contributed by atoms with E-state index >= 15 is 0 Å². The van der Waals surface area contributed by atoms with Crippen molar-refractivity contribution in [2.45, 2.75) is 12.6 Å². The van der Waals surface area contributed by atoms with E-state index in [4.69, 9.17) is 10.5 Å². The molecular formula is C12H15FN2O2. The standard InChI is InChI=1S/C12H15FN2O2/c1-17-11-6-8(2-3-10(11)14)12(16)15-5-4-9(13)7-15/h2-3,6,9H,4-5,7,14H2,1H3/t9-/m1/s1. The third-order valence-electron chi connectivity index (χ3n) is 2.90. The number of methoxy groups -OCH3 is 1. The molecule has 2 N–H and O–H groups in total. The van der Waals surface area contributed by atoms with Crippen molar-refractivity contribution < 1.29 is 13.9 Å². The lowest BCUT2D eigenvalue weighted by molar-refractivity contribution is 0.0782. The molecule has 0 radical (unpaired) electrons. The van der Waals surface area contributed by atoms with Crippen molar-refractivity contribution in [2.24, 2.45) is 0 Å². The van der Waals surface area contributed by atoms with E-state index in [-0.39, 0.29) is 12.5 Å². The zero-order valence-electron chi connectivity index (χ0n) is 9.65. The van der Waals surface area contributed by atoms with Crippen LogP contribution in [0.2, 0.25) is 0 Å². The van der Waals surface area contributed by atoms with Gasteiger partial charge in [0.25, 0.3) is 5.91 Å². The molecule has 1 atom stereocenters. The number of anilines is 1. The van der Waals surface area contributed by atoms with Crippen LogP contribution in [-0.2, 0) is 0 Å². The summed E-state index contributed by atoms with van der Waals surface area (Å²) in [5.74, 6) is 0.287. The van der Waals surface area contributed by atoms with Gasteiger partial charge in [0.1, 0.15) is 11.9 Å². The Hall–Kier alpha value is -1.78.